The molecule has 0 aliphatic heterocycles. The first-order valence-electron chi connectivity index (χ1n) is 0.447. The van der Waals surface area contributed by atoms with Crippen LogP contribution in [0.5, 0.6) is 0 Å². The third-order valence-corrected chi connectivity index (χ3v) is 0. The van der Waals surface area contributed by atoms with Crippen molar-refractivity contribution in [1.82, 2.24) is 0 Å². The van der Waals surface area contributed by atoms with Crippen molar-refractivity contribution in [2.75, 3.05) is 7.11 Å². The maximum atomic E-state index is 7.00. The Balaban J connectivity index is -0.000000000500. The molecule has 0 saturated heterocycles. The van der Waals surface area contributed by atoms with Crippen LogP contribution in [0.2, 0.25) is 0 Å². The average Bonchev–Trinajstić information content (AvgIpc) is 1.00. The summed E-state index contributed by atoms with van der Waals surface area (Å²) in [5.41, 5.74) is 0. The quantitative estimate of drug-likeness (QED) is 0.495. The van der Waals surface area contributed by atoms with Gasteiger partial charge >= 0.3 is 23.1 Å². The standard InChI is InChI=1S/CH4O.Fe.Mg.Zn.2H/c1-2;;;;;/h2H,1H3;;;;;/q;;+2;;2*-1. The average molecular weight is 180 g/mol. The van der Waals surface area contributed by atoms with Gasteiger partial charge in [0.25, 0.3) is 0 Å². The number of aliphatic hydroxyl groups is 1. The topological polar surface area (TPSA) is 20.2 Å². The largest absolute Gasteiger partial charge is 2.00 e. The molecule has 1 N–H and O–H groups in total. The Labute approximate surface area is 74.3 Å². The second kappa shape index (κ2) is 39.8. The first kappa shape index (κ1) is 28.7. The van der Waals surface area contributed by atoms with Crippen LogP contribution < -0.4 is 0 Å². The molecule has 0 heterocycles. The van der Waals surface area contributed by atoms with Crippen LogP contribution >= 0.6 is 0 Å². The molecule has 0 spiro atoms. The minimum absolute atomic E-state index is 0. The van der Waals surface area contributed by atoms with Gasteiger partial charge in [0, 0.05) is 43.7 Å². The first-order chi connectivity index (χ1) is 1.00. The zero-order valence-electron chi connectivity index (χ0n) is 5.21. The van der Waals surface area contributed by atoms with Crippen LogP contribution in [0.25, 0.3) is 0 Å². The minimum atomic E-state index is 0. The van der Waals surface area contributed by atoms with Crippen molar-refractivity contribution in [2.24, 2.45) is 0 Å². The third-order valence-electron chi connectivity index (χ3n) is 0. The summed E-state index contributed by atoms with van der Waals surface area (Å²) < 4.78 is 0. The second-order valence-electron chi connectivity index (χ2n) is 0. The molecule has 0 saturated carbocycles. The van der Waals surface area contributed by atoms with Crippen LogP contribution in [-0.2, 0) is 36.5 Å². The van der Waals surface area contributed by atoms with Gasteiger partial charge in [-0.25, -0.2) is 0 Å². The van der Waals surface area contributed by atoms with Crippen molar-refractivity contribution in [2.45, 2.75) is 0 Å². The zero-order valence-corrected chi connectivity index (χ0v) is 8.70. The molecule has 0 aromatic heterocycles. The van der Waals surface area contributed by atoms with Crippen LogP contribution in [0.4, 0.5) is 0 Å². The van der Waals surface area contributed by atoms with Gasteiger partial charge in [-0.1, -0.05) is 0 Å². The van der Waals surface area contributed by atoms with Crippen LogP contribution in [0, 0.1) is 0 Å². The fourth-order valence-electron chi connectivity index (χ4n) is 0. The van der Waals surface area contributed by atoms with Crippen molar-refractivity contribution in [3.63, 3.8) is 0 Å². The Bertz CT molecular complexity index is 17.7. The van der Waals surface area contributed by atoms with Gasteiger partial charge in [0.2, 0.25) is 0 Å². The van der Waals surface area contributed by atoms with Gasteiger partial charge in [0.05, 0.1) is 0 Å². The van der Waals surface area contributed by atoms with Crippen molar-refractivity contribution >= 4 is 23.1 Å². The van der Waals surface area contributed by atoms with E-state index in [1.165, 1.54) is 0 Å². The minimum Gasteiger partial charge on any atom is -1.00 e. The smallest absolute Gasteiger partial charge is 1.00 e. The summed E-state index contributed by atoms with van der Waals surface area (Å²) >= 11 is 0. The van der Waals surface area contributed by atoms with E-state index < -0.39 is 0 Å². The van der Waals surface area contributed by atoms with Gasteiger partial charge < -0.3 is 7.96 Å². The Morgan fingerprint density at radius 1 is 1.40 bits per heavy atom. The summed E-state index contributed by atoms with van der Waals surface area (Å²) in [6.07, 6.45) is 0. The molecule has 0 aliphatic carbocycles. The van der Waals surface area contributed by atoms with Crippen LogP contribution in [0.3, 0.4) is 0 Å². The van der Waals surface area contributed by atoms with Gasteiger partial charge in [0.1, 0.15) is 0 Å². The molecule has 0 aliphatic rings. The summed E-state index contributed by atoms with van der Waals surface area (Å²) in [6, 6.07) is 0. The molecule has 0 fully saturated rings. The summed E-state index contributed by atoms with van der Waals surface area (Å²) in [7, 11) is 1.00. The molecule has 4 heteroatoms. The first-order valence-corrected chi connectivity index (χ1v) is 0.447. The summed E-state index contributed by atoms with van der Waals surface area (Å²) in [5, 5.41) is 7.00. The number of hydrogen-bond acceptors (Lipinski definition) is 1. The maximum Gasteiger partial charge on any atom is 2.00 e. The van der Waals surface area contributed by atoms with Crippen LogP contribution in [-0.4, -0.2) is 35.3 Å². The van der Waals surface area contributed by atoms with E-state index >= 15 is 0 Å². The monoisotopic (exact) mass is 178 g/mol. The van der Waals surface area contributed by atoms with Gasteiger partial charge in [0.15, 0.2) is 0 Å². The van der Waals surface area contributed by atoms with Gasteiger partial charge in [-0.2, -0.15) is 0 Å². The molecule has 0 aromatic rings. The van der Waals surface area contributed by atoms with E-state index in [-0.39, 0.29) is 62.5 Å². The molecule has 0 rings (SSSR count). The summed E-state index contributed by atoms with van der Waals surface area (Å²) in [6.45, 7) is 0. The fourth-order valence-corrected chi connectivity index (χ4v) is 0. The molecular weight excluding hydrogens is 174 g/mol. The molecule has 0 radical (unpaired) electrons. The Morgan fingerprint density at radius 3 is 1.40 bits per heavy atom. The number of aliphatic hydroxyl groups excluding tert-OH is 1. The van der Waals surface area contributed by atoms with Gasteiger partial charge in [-0.3, -0.25) is 0 Å². The van der Waals surface area contributed by atoms with E-state index in [2.05, 4.69) is 0 Å². The van der Waals surface area contributed by atoms with E-state index in [0.29, 0.717) is 0 Å². The van der Waals surface area contributed by atoms with Crippen molar-refractivity contribution in [3.05, 3.63) is 0 Å². The summed E-state index contributed by atoms with van der Waals surface area (Å²) in [4.78, 5) is 0. The van der Waals surface area contributed by atoms with Gasteiger partial charge in [-0.05, 0) is 0 Å². The molecule has 0 bridgehead atoms. The van der Waals surface area contributed by atoms with Crippen molar-refractivity contribution in [3.8, 4) is 0 Å². The molecule has 0 amide bonds. The predicted octanol–water partition coefficient (Wildman–Crippen LogP) is -0.552. The van der Waals surface area contributed by atoms with E-state index in [1.807, 2.05) is 0 Å². The third kappa shape index (κ3) is 25.1. The molecule has 0 aromatic carbocycles. The fraction of sp³-hybridized carbons (Fsp3) is 1.00. The SMILES string of the molecule is CO.[Fe].[H-].[H-].[Mg+2].[Zn]. The maximum absolute atomic E-state index is 7.00. The molecule has 5 heavy (non-hydrogen) atoms. The predicted molar refractivity (Wildman–Crippen MR) is 16.1 cm³/mol. The van der Waals surface area contributed by atoms with E-state index in [4.69, 9.17) is 5.11 Å². The molecular formula is CH6FeMgOZn. The van der Waals surface area contributed by atoms with Crippen molar-refractivity contribution in [1.29, 1.82) is 0 Å². The van der Waals surface area contributed by atoms with E-state index in [1.54, 1.807) is 0 Å². The normalized spacial score (nSPS) is 1.20. The Kier molecular flexibility index (Phi) is 229. The summed E-state index contributed by atoms with van der Waals surface area (Å²) in [5.74, 6) is 0. The molecule has 1 nitrogen and oxygen atoms in total. The van der Waals surface area contributed by atoms with Crippen LogP contribution in [0.1, 0.15) is 2.85 Å². The molecule has 28 valence electrons. The van der Waals surface area contributed by atoms with Crippen molar-refractivity contribution < 1.29 is 44.5 Å². The number of hydrogen-bond donors (Lipinski definition) is 1. The number of rotatable bonds is 0. The van der Waals surface area contributed by atoms with Crippen LogP contribution in [0.15, 0.2) is 0 Å². The van der Waals surface area contributed by atoms with E-state index in [9.17, 15) is 0 Å². The van der Waals surface area contributed by atoms with E-state index in [0.717, 1.165) is 7.11 Å². The molecule has 0 atom stereocenters. The Hall–Kier alpha value is 1.87. The Morgan fingerprint density at radius 2 is 1.40 bits per heavy atom. The molecule has 0 unspecified atom stereocenters. The zero-order chi connectivity index (χ0) is 2.00. The van der Waals surface area contributed by atoms with Gasteiger partial charge in [-0.15, -0.1) is 0 Å². The second-order valence-corrected chi connectivity index (χ2v) is 0.